The van der Waals surface area contributed by atoms with Gasteiger partial charge in [0, 0.05) is 0 Å². The maximum atomic E-state index is 10.8. The molecular formula is C18H23NaO5S. The van der Waals surface area contributed by atoms with Gasteiger partial charge in [0.1, 0.15) is 5.75 Å². The third-order valence-corrected chi connectivity index (χ3v) is 7.24. The number of aryl methyl sites for hydroxylation is 1. The standard InChI is InChI=1S/C18H24O5S.Na/c1-18-9-8-14-13-5-3-12(23-24(20,21)22)10-11(13)2-4-15(14)16(18)6-7-17(18)19;/h3,5,10,14-17,19H,2,4,6-9H2,1H3,(H,20,21,22);/q;+1/p-1/t14-,15-,16+,17+,18+;/m1./s1. The predicted octanol–water partition coefficient (Wildman–Crippen LogP) is -0.253. The summed E-state index contributed by atoms with van der Waals surface area (Å²) in [4.78, 5) is 0. The van der Waals surface area contributed by atoms with Gasteiger partial charge in [-0.15, -0.1) is 0 Å². The fourth-order valence-electron chi connectivity index (χ4n) is 5.70. The Labute approximate surface area is 171 Å². The van der Waals surface area contributed by atoms with Crippen LogP contribution in [-0.4, -0.2) is 24.2 Å². The average Bonchev–Trinajstić information content (AvgIpc) is 2.81. The molecule has 5 atom stereocenters. The molecule has 1 aromatic carbocycles. The normalized spacial score (nSPS) is 36.6. The Bertz CT molecular complexity index is 765. The maximum Gasteiger partial charge on any atom is 1.00 e. The summed E-state index contributed by atoms with van der Waals surface area (Å²) in [5, 5.41) is 10.4. The van der Waals surface area contributed by atoms with E-state index in [2.05, 4.69) is 11.1 Å². The molecule has 0 aromatic heterocycles. The molecule has 0 bridgehead atoms. The van der Waals surface area contributed by atoms with E-state index in [9.17, 15) is 18.1 Å². The molecule has 0 radical (unpaired) electrons. The first-order chi connectivity index (χ1) is 11.3. The molecule has 3 aliphatic rings. The Morgan fingerprint density at radius 2 is 2.00 bits per heavy atom. The maximum absolute atomic E-state index is 10.8. The minimum absolute atomic E-state index is 0. The quantitative estimate of drug-likeness (QED) is 0.438. The van der Waals surface area contributed by atoms with Crippen molar-refractivity contribution in [2.24, 2.45) is 17.3 Å². The molecule has 0 aliphatic heterocycles. The van der Waals surface area contributed by atoms with Crippen molar-refractivity contribution in [2.75, 3.05) is 0 Å². The molecule has 0 unspecified atom stereocenters. The number of aliphatic hydroxyl groups excluding tert-OH is 1. The van der Waals surface area contributed by atoms with E-state index in [1.54, 1.807) is 12.1 Å². The summed E-state index contributed by atoms with van der Waals surface area (Å²) >= 11 is 0. The van der Waals surface area contributed by atoms with Gasteiger partial charge in [0.25, 0.3) is 10.4 Å². The van der Waals surface area contributed by atoms with Crippen molar-refractivity contribution in [3.63, 3.8) is 0 Å². The Hall–Kier alpha value is -0.110. The van der Waals surface area contributed by atoms with Gasteiger partial charge >= 0.3 is 29.6 Å². The van der Waals surface area contributed by atoms with Crippen LogP contribution in [-0.2, 0) is 16.8 Å². The number of rotatable bonds is 2. The van der Waals surface area contributed by atoms with E-state index >= 15 is 0 Å². The average molecular weight is 374 g/mol. The smallest absolute Gasteiger partial charge is 0.716 e. The molecule has 3 aliphatic carbocycles. The SMILES string of the molecule is C[C@]12CC[C@@H]3c4ccc(OS(=O)(=O)[O-])cc4CC[C@H]3[C@@H]1CC[C@@H]2O.[Na+]. The molecule has 0 amide bonds. The molecule has 5 nitrogen and oxygen atoms in total. The van der Waals surface area contributed by atoms with Crippen molar-refractivity contribution in [3.05, 3.63) is 29.3 Å². The van der Waals surface area contributed by atoms with Gasteiger partial charge in [-0.1, -0.05) is 13.0 Å². The molecule has 25 heavy (non-hydrogen) atoms. The first kappa shape index (κ1) is 19.6. The van der Waals surface area contributed by atoms with Crippen molar-refractivity contribution in [1.29, 1.82) is 0 Å². The van der Waals surface area contributed by atoms with E-state index in [4.69, 9.17) is 0 Å². The molecular weight excluding hydrogens is 351 g/mol. The summed E-state index contributed by atoms with van der Waals surface area (Å²) in [6.07, 6.45) is 5.85. The third kappa shape index (κ3) is 3.42. The van der Waals surface area contributed by atoms with Crippen LogP contribution in [0.2, 0.25) is 0 Å². The summed E-state index contributed by atoms with van der Waals surface area (Å²) in [5.74, 6) is 1.73. The van der Waals surface area contributed by atoms with Gasteiger partial charge in [-0.3, -0.25) is 0 Å². The van der Waals surface area contributed by atoms with E-state index < -0.39 is 10.4 Å². The first-order valence-electron chi connectivity index (χ1n) is 8.74. The number of hydrogen-bond acceptors (Lipinski definition) is 5. The topological polar surface area (TPSA) is 86.7 Å². The molecule has 4 rings (SSSR count). The molecule has 2 fully saturated rings. The van der Waals surface area contributed by atoms with E-state index in [0.29, 0.717) is 17.8 Å². The van der Waals surface area contributed by atoms with Gasteiger partial charge in [-0.05, 0) is 85.0 Å². The van der Waals surface area contributed by atoms with Crippen LogP contribution in [0.5, 0.6) is 5.75 Å². The Morgan fingerprint density at radius 3 is 2.72 bits per heavy atom. The van der Waals surface area contributed by atoms with E-state index in [1.165, 1.54) is 5.56 Å². The van der Waals surface area contributed by atoms with Crippen LogP contribution < -0.4 is 33.7 Å². The van der Waals surface area contributed by atoms with Crippen molar-refractivity contribution >= 4 is 10.4 Å². The zero-order valence-corrected chi connectivity index (χ0v) is 17.6. The largest absolute Gasteiger partial charge is 1.00 e. The van der Waals surface area contributed by atoms with Crippen LogP contribution in [0.3, 0.4) is 0 Å². The van der Waals surface area contributed by atoms with Gasteiger partial charge in [-0.25, -0.2) is 8.42 Å². The minimum atomic E-state index is -4.73. The van der Waals surface area contributed by atoms with Crippen molar-refractivity contribution in [2.45, 2.75) is 57.5 Å². The Morgan fingerprint density at radius 1 is 1.24 bits per heavy atom. The van der Waals surface area contributed by atoms with E-state index in [1.807, 2.05) is 6.07 Å². The molecule has 7 heteroatoms. The first-order valence-corrected chi connectivity index (χ1v) is 10.1. The number of hydrogen-bond donors (Lipinski definition) is 1. The van der Waals surface area contributed by atoms with E-state index in [-0.39, 0.29) is 46.8 Å². The van der Waals surface area contributed by atoms with Crippen LogP contribution >= 0.6 is 0 Å². The zero-order valence-electron chi connectivity index (χ0n) is 14.8. The van der Waals surface area contributed by atoms with Crippen molar-refractivity contribution in [1.82, 2.24) is 0 Å². The molecule has 0 heterocycles. The number of benzene rings is 1. The zero-order chi connectivity index (χ0) is 17.1. The third-order valence-electron chi connectivity index (χ3n) is 6.85. The molecule has 0 spiro atoms. The van der Waals surface area contributed by atoms with Crippen LogP contribution in [0.15, 0.2) is 18.2 Å². The molecule has 1 aromatic rings. The Kier molecular flexibility index (Phi) is 5.35. The van der Waals surface area contributed by atoms with Gasteiger partial charge in [0.15, 0.2) is 0 Å². The fraction of sp³-hybridized carbons (Fsp3) is 0.667. The van der Waals surface area contributed by atoms with E-state index in [0.717, 1.165) is 44.1 Å². The van der Waals surface area contributed by atoms with Gasteiger partial charge in [-0.2, -0.15) is 0 Å². The minimum Gasteiger partial charge on any atom is -0.716 e. The molecule has 2 saturated carbocycles. The monoisotopic (exact) mass is 374 g/mol. The summed E-state index contributed by atoms with van der Waals surface area (Å²) in [5.41, 5.74) is 2.42. The second kappa shape index (κ2) is 6.80. The van der Waals surface area contributed by atoms with Gasteiger partial charge < -0.3 is 13.8 Å². The second-order valence-corrected chi connectivity index (χ2v) is 8.89. The molecule has 1 N–H and O–H groups in total. The predicted molar refractivity (Wildman–Crippen MR) is 87.4 cm³/mol. The number of fused-ring (bicyclic) bond motifs is 5. The second-order valence-electron chi connectivity index (χ2n) is 7.91. The molecule has 0 saturated heterocycles. The van der Waals surface area contributed by atoms with Crippen LogP contribution in [0, 0.1) is 17.3 Å². The van der Waals surface area contributed by atoms with Gasteiger partial charge in [0.2, 0.25) is 0 Å². The van der Waals surface area contributed by atoms with Crippen LogP contribution in [0.1, 0.15) is 56.1 Å². The van der Waals surface area contributed by atoms with Crippen molar-refractivity contribution in [3.8, 4) is 5.75 Å². The fourth-order valence-corrected chi connectivity index (χ4v) is 6.04. The summed E-state index contributed by atoms with van der Waals surface area (Å²) in [6.45, 7) is 2.25. The van der Waals surface area contributed by atoms with Crippen molar-refractivity contribution < 1.29 is 51.8 Å². The van der Waals surface area contributed by atoms with Crippen LogP contribution in [0.4, 0.5) is 0 Å². The summed E-state index contributed by atoms with van der Waals surface area (Å²) < 4.78 is 36.8. The summed E-state index contributed by atoms with van der Waals surface area (Å²) in [6, 6.07) is 5.23. The summed E-state index contributed by atoms with van der Waals surface area (Å²) in [7, 11) is -4.73. The molecule has 132 valence electrons. The van der Waals surface area contributed by atoms with Gasteiger partial charge in [0.05, 0.1) is 6.10 Å². The van der Waals surface area contributed by atoms with Crippen LogP contribution in [0.25, 0.3) is 0 Å². The number of aliphatic hydroxyl groups is 1. The Balaban J connectivity index is 0.00000182.